The summed E-state index contributed by atoms with van der Waals surface area (Å²) in [5.74, 6) is 1.38. The van der Waals surface area contributed by atoms with Gasteiger partial charge in [-0.2, -0.15) is 0 Å². The van der Waals surface area contributed by atoms with Crippen molar-refractivity contribution in [3.05, 3.63) is 0 Å². The molecule has 0 aromatic rings. The molecule has 0 bridgehead atoms. The molecule has 2 heteroatoms. The highest BCUT2D eigenvalue weighted by Crippen LogP contribution is 2.53. The molecule has 0 radical (unpaired) electrons. The molecule has 106 valence electrons. The summed E-state index contributed by atoms with van der Waals surface area (Å²) in [6.07, 6.45) is 8.35. The number of hydrogen-bond acceptors (Lipinski definition) is 2. The molecule has 18 heavy (non-hydrogen) atoms. The summed E-state index contributed by atoms with van der Waals surface area (Å²) in [4.78, 5) is 11.6. The fraction of sp³-hybridized carbons (Fsp3) is 0.938. The van der Waals surface area contributed by atoms with Crippen LogP contribution in [0.4, 0.5) is 0 Å². The first-order valence-corrected chi connectivity index (χ1v) is 7.57. The summed E-state index contributed by atoms with van der Waals surface area (Å²) < 4.78 is 5.50. The van der Waals surface area contributed by atoms with E-state index in [-0.39, 0.29) is 11.3 Å². The standard InChI is InChI=1S/C16H30O2/c1-5-6-7-8-15(11-17)16(12-18-4)13(2)9-10-14(16)3/h11,13-15H,5-10,12H2,1-4H3. The zero-order chi connectivity index (χ0) is 13.6. The van der Waals surface area contributed by atoms with Gasteiger partial charge >= 0.3 is 0 Å². The van der Waals surface area contributed by atoms with E-state index in [4.69, 9.17) is 4.74 Å². The zero-order valence-corrected chi connectivity index (χ0v) is 12.6. The van der Waals surface area contributed by atoms with Gasteiger partial charge < -0.3 is 9.53 Å². The Morgan fingerprint density at radius 2 is 1.89 bits per heavy atom. The molecule has 0 aromatic heterocycles. The molecule has 1 rings (SSSR count). The molecule has 1 saturated carbocycles. The molecule has 0 N–H and O–H groups in total. The van der Waals surface area contributed by atoms with Gasteiger partial charge in [0.25, 0.3) is 0 Å². The fourth-order valence-corrected chi connectivity index (χ4v) is 3.97. The predicted octanol–water partition coefficient (Wildman–Crippen LogP) is 4.08. The van der Waals surface area contributed by atoms with Gasteiger partial charge in [0.2, 0.25) is 0 Å². The van der Waals surface area contributed by atoms with Crippen LogP contribution < -0.4 is 0 Å². The molecule has 1 fully saturated rings. The molecule has 0 spiro atoms. The maximum Gasteiger partial charge on any atom is 0.123 e. The van der Waals surface area contributed by atoms with Gasteiger partial charge in [0.1, 0.15) is 6.29 Å². The highest BCUT2D eigenvalue weighted by Gasteiger charge is 2.50. The van der Waals surface area contributed by atoms with E-state index in [1.165, 1.54) is 38.4 Å². The average Bonchev–Trinajstić information content (AvgIpc) is 2.64. The van der Waals surface area contributed by atoms with Crippen molar-refractivity contribution in [3.63, 3.8) is 0 Å². The first kappa shape index (κ1) is 15.7. The fourth-order valence-electron chi connectivity index (χ4n) is 3.97. The average molecular weight is 254 g/mol. The molecule has 2 nitrogen and oxygen atoms in total. The Hall–Kier alpha value is -0.370. The maximum absolute atomic E-state index is 11.6. The van der Waals surface area contributed by atoms with Crippen molar-refractivity contribution in [2.45, 2.75) is 59.3 Å². The number of carbonyl (C=O) groups is 1. The third kappa shape index (κ3) is 2.96. The minimum atomic E-state index is 0.0875. The van der Waals surface area contributed by atoms with Crippen LogP contribution in [0.1, 0.15) is 59.3 Å². The van der Waals surface area contributed by atoms with E-state index in [9.17, 15) is 4.79 Å². The van der Waals surface area contributed by atoms with E-state index in [1.54, 1.807) is 7.11 Å². The second kappa shape index (κ2) is 7.28. The Bertz CT molecular complexity index is 239. The Kier molecular flexibility index (Phi) is 6.34. The molecular weight excluding hydrogens is 224 g/mol. The van der Waals surface area contributed by atoms with E-state index in [1.807, 2.05) is 0 Å². The van der Waals surface area contributed by atoms with Gasteiger partial charge in [-0.05, 0) is 31.1 Å². The van der Waals surface area contributed by atoms with Crippen LogP contribution in [-0.4, -0.2) is 20.0 Å². The van der Waals surface area contributed by atoms with Crippen molar-refractivity contribution in [1.82, 2.24) is 0 Å². The number of unbranched alkanes of at least 4 members (excludes halogenated alkanes) is 2. The minimum absolute atomic E-state index is 0.0875. The van der Waals surface area contributed by atoms with Crippen LogP contribution in [-0.2, 0) is 9.53 Å². The molecule has 1 aliphatic carbocycles. The van der Waals surface area contributed by atoms with E-state index < -0.39 is 0 Å². The monoisotopic (exact) mass is 254 g/mol. The predicted molar refractivity (Wildman–Crippen MR) is 75.6 cm³/mol. The van der Waals surface area contributed by atoms with Crippen LogP contribution in [0.3, 0.4) is 0 Å². The SMILES string of the molecule is CCCCCC(C=O)C1(COC)C(C)CCC1C. The minimum Gasteiger partial charge on any atom is -0.384 e. The van der Waals surface area contributed by atoms with Gasteiger partial charge in [-0.25, -0.2) is 0 Å². The van der Waals surface area contributed by atoms with E-state index in [0.717, 1.165) is 13.0 Å². The molecule has 3 atom stereocenters. The molecule has 0 saturated heterocycles. The van der Waals surface area contributed by atoms with Gasteiger partial charge in [0.15, 0.2) is 0 Å². The lowest BCUT2D eigenvalue weighted by Gasteiger charge is -2.42. The van der Waals surface area contributed by atoms with Crippen molar-refractivity contribution in [2.75, 3.05) is 13.7 Å². The highest BCUT2D eigenvalue weighted by molar-refractivity contribution is 5.55. The van der Waals surface area contributed by atoms with Crippen LogP contribution in [0, 0.1) is 23.2 Å². The Balaban J connectivity index is 2.82. The lowest BCUT2D eigenvalue weighted by molar-refractivity contribution is -0.121. The second-order valence-electron chi connectivity index (χ2n) is 6.16. The van der Waals surface area contributed by atoms with Gasteiger partial charge in [-0.15, -0.1) is 0 Å². The Morgan fingerprint density at radius 1 is 1.28 bits per heavy atom. The lowest BCUT2D eigenvalue weighted by atomic mass is 9.64. The third-order valence-corrected chi connectivity index (χ3v) is 5.24. The molecule has 0 amide bonds. The zero-order valence-electron chi connectivity index (χ0n) is 12.6. The van der Waals surface area contributed by atoms with Gasteiger partial charge in [0.05, 0.1) is 6.61 Å². The van der Waals surface area contributed by atoms with Gasteiger partial charge in [0, 0.05) is 18.4 Å². The summed E-state index contributed by atoms with van der Waals surface area (Å²) in [6, 6.07) is 0. The summed E-state index contributed by atoms with van der Waals surface area (Å²) in [7, 11) is 1.77. The van der Waals surface area contributed by atoms with Gasteiger partial charge in [-0.1, -0.05) is 40.0 Å². The Morgan fingerprint density at radius 3 is 2.33 bits per heavy atom. The normalized spacial score (nSPS) is 33.6. The topological polar surface area (TPSA) is 26.3 Å². The molecule has 0 heterocycles. The summed E-state index contributed by atoms with van der Waals surface area (Å²) in [6.45, 7) is 7.56. The van der Waals surface area contributed by atoms with Crippen LogP contribution in [0.15, 0.2) is 0 Å². The summed E-state index contributed by atoms with van der Waals surface area (Å²) in [5, 5.41) is 0. The second-order valence-corrected chi connectivity index (χ2v) is 6.16. The third-order valence-electron chi connectivity index (χ3n) is 5.24. The molecule has 1 aliphatic rings. The van der Waals surface area contributed by atoms with Crippen molar-refractivity contribution in [3.8, 4) is 0 Å². The van der Waals surface area contributed by atoms with Gasteiger partial charge in [-0.3, -0.25) is 0 Å². The molecule has 3 unspecified atom stereocenters. The lowest BCUT2D eigenvalue weighted by Crippen LogP contribution is -2.42. The number of hydrogen-bond donors (Lipinski definition) is 0. The number of rotatable bonds is 8. The number of aldehydes is 1. The van der Waals surface area contributed by atoms with Crippen LogP contribution >= 0.6 is 0 Å². The first-order valence-electron chi connectivity index (χ1n) is 7.57. The highest BCUT2D eigenvalue weighted by atomic mass is 16.5. The summed E-state index contributed by atoms with van der Waals surface area (Å²) in [5.41, 5.74) is 0.0875. The maximum atomic E-state index is 11.6. The number of ether oxygens (including phenoxy) is 1. The van der Waals surface area contributed by atoms with E-state index in [0.29, 0.717) is 11.8 Å². The van der Waals surface area contributed by atoms with Crippen LogP contribution in [0.5, 0.6) is 0 Å². The van der Waals surface area contributed by atoms with E-state index in [2.05, 4.69) is 20.8 Å². The van der Waals surface area contributed by atoms with Crippen molar-refractivity contribution >= 4 is 6.29 Å². The smallest absolute Gasteiger partial charge is 0.123 e. The van der Waals surface area contributed by atoms with Crippen molar-refractivity contribution in [2.24, 2.45) is 23.2 Å². The first-order chi connectivity index (χ1) is 8.63. The van der Waals surface area contributed by atoms with Crippen LogP contribution in [0.25, 0.3) is 0 Å². The van der Waals surface area contributed by atoms with Crippen molar-refractivity contribution in [1.29, 1.82) is 0 Å². The molecular formula is C16H30O2. The largest absolute Gasteiger partial charge is 0.384 e. The molecule has 0 aliphatic heterocycles. The van der Waals surface area contributed by atoms with Crippen LogP contribution in [0.2, 0.25) is 0 Å². The quantitative estimate of drug-likeness (QED) is 0.482. The summed E-state index contributed by atoms with van der Waals surface area (Å²) >= 11 is 0. The molecule has 0 aromatic carbocycles. The Labute approximate surface area is 112 Å². The number of carbonyl (C=O) groups excluding carboxylic acids is 1. The van der Waals surface area contributed by atoms with E-state index >= 15 is 0 Å². The van der Waals surface area contributed by atoms with Crippen molar-refractivity contribution < 1.29 is 9.53 Å². The number of methoxy groups -OCH3 is 1.